The first-order valence-corrected chi connectivity index (χ1v) is 8.21. The van der Waals surface area contributed by atoms with Gasteiger partial charge in [-0.1, -0.05) is 6.07 Å². The van der Waals surface area contributed by atoms with Crippen LogP contribution in [0.3, 0.4) is 0 Å². The minimum Gasteiger partial charge on any atom is -0.387 e. The van der Waals surface area contributed by atoms with E-state index in [4.69, 9.17) is 0 Å². The van der Waals surface area contributed by atoms with Gasteiger partial charge in [0.2, 0.25) is 5.95 Å². The summed E-state index contributed by atoms with van der Waals surface area (Å²) >= 11 is 1.47. The van der Waals surface area contributed by atoms with Gasteiger partial charge in [-0.25, -0.2) is 9.97 Å². The Hall–Kier alpha value is -1.67. The van der Waals surface area contributed by atoms with Gasteiger partial charge in [0.25, 0.3) is 0 Å². The molecule has 1 saturated heterocycles. The zero-order valence-corrected chi connectivity index (χ0v) is 13.0. The van der Waals surface area contributed by atoms with E-state index in [2.05, 4.69) is 9.97 Å². The van der Waals surface area contributed by atoms with Crippen molar-refractivity contribution < 1.29 is 18.3 Å². The van der Waals surface area contributed by atoms with Crippen LogP contribution >= 0.6 is 11.3 Å². The molecule has 1 aliphatic heterocycles. The van der Waals surface area contributed by atoms with Crippen molar-refractivity contribution >= 4 is 17.3 Å². The Bertz CT molecular complexity index is 648. The molecule has 2 atom stereocenters. The molecule has 3 heterocycles. The number of aromatic nitrogens is 2. The van der Waals surface area contributed by atoms with E-state index in [9.17, 15) is 18.3 Å². The molecule has 0 saturated carbocycles. The van der Waals surface area contributed by atoms with Gasteiger partial charge < -0.3 is 10.0 Å². The van der Waals surface area contributed by atoms with E-state index in [0.717, 1.165) is 30.0 Å². The SMILES string of the molecule is OC(CC1CCCN1c1nccc(C(F)(F)F)n1)c1cccs1. The fraction of sp³-hybridized carbons (Fsp3) is 0.467. The summed E-state index contributed by atoms with van der Waals surface area (Å²) in [6, 6.07) is 4.53. The minimum absolute atomic E-state index is 0.0596. The molecule has 0 bridgehead atoms. The van der Waals surface area contributed by atoms with E-state index < -0.39 is 18.0 Å². The molecule has 0 aromatic carbocycles. The fourth-order valence-corrected chi connectivity index (χ4v) is 3.57. The molecule has 2 unspecified atom stereocenters. The molecule has 1 N–H and O–H groups in total. The highest BCUT2D eigenvalue weighted by atomic mass is 32.1. The van der Waals surface area contributed by atoms with Crippen molar-refractivity contribution in [2.45, 2.75) is 37.6 Å². The number of thiophene rings is 1. The average molecular weight is 343 g/mol. The number of hydrogen-bond acceptors (Lipinski definition) is 5. The molecule has 1 aliphatic rings. The van der Waals surface area contributed by atoms with Gasteiger partial charge in [0.15, 0.2) is 0 Å². The van der Waals surface area contributed by atoms with Crippen molar-refractivity contribution in [1.29, 1.82) is 0 Å². The zero-order valence-electron chi connectivity index (χ0n) is 12.2. The van der Waals surface area contributed by atoms with Crippen molar-refractivity contribution in [2.24, 2.45) is 0 Å². The highest BCUT2D eigenvalue weighted by Crippen LogP contribution is 2.33. The van der Waals surface area contributed by atoms with Gasteiger partial charge in [-0.05, 0) is 36.8 Å². The average Bonchev–Trinajstić information content (AvgIpc) is 3.18. The van der Waals surface area contributed by atoms with Gasteiger partial charge in [0.05, 0.1) is 6.10 Å². The Morgan fingerprint density at radius 2 is 2.22 bits per heavy atom. The van der Waals surface area contributed by atoms with Crippen molar-refractivity contribution in [3.05, 3.63) is 40.3 Å². The van der Waals surface area contributed by atoms with E-state index in [-0.39, 0.29) is 12.0 Å². The molecule has 0 amide bonds. The molecular formula is C15H16F3N3OS. The van der Waals surface area contributed by atoms with Crippen molar-refractivity contribution in [1.82, 2.24) is 9.97 Å². The van der Waals surface area contributed by atoms with Crippen LogP contribution in [-0.4, -0.2) is 27.7 Å². The lowest BCUT2D eigenvalue weighted by molar-refractivity contribution is -0.141. The Kier molecular flexibility index (Phi) is 4.54. The number of alkyl halides is 3. The van der Waals surface area contributed by atoms with Gasteiger partial charge in [-0.3, -0.25) is 0 Å². The monoisotopic (exact) mass is 343 g/mol. The summed E-state index contributed by atoms with van der Waals surface area (Å²) in [5.74, 6) is 0.0840. The van der Waals surface area contributed by atoms with Gasteiger partial charge in [-0.15, -0.1) is 11.3 Å². The molecule has 0 aliphatic carbocycles. The van der Waals surface area contributed by atoms with Gasteiger partial charge in [0.1, 0.15) is 5.69 Å². The van der Waals surface area contributed by atoms with E-state index in [1.807, 2.05) is 17.5 Å². The van der Waals surface area contributed by atoms with E-state index in [0.29, 0.717) is 13.0 Å². The summed E-state index contributed by atoms with van der Waals surface area (Å²) in [7, 11) is 0. The largest absolute Gasteiger partial charge is 0.433 e. The van der Waals surface area contributed by atoms with E-state index in [1.165, 1.54) is 11.3 Å². The van der Waals surface area contributed by atoms with Crippen LogP contribution in [0.2, 0.25) is 0 Å². The second kappa shape index (κ2) is 6.45. The van der Waals surface area contributed by atoms with Crippen molar-refractivity contribution in [3.63, 3.8) is 0 Å². The first-order chi connectivity index (χ1) is 10.9. The van der Waals surface area contributed by atoms with Crippen LogP contribution in [-0.2, 0) is 6.18 Å². The molecule has 8 heteroatoms. The van der Waals surface area contributed by atoms with E-state index in [1.54, 1.807) is 4.90 Å². The Morgan fingerprint density at radius 3 is 2.91 bits per heavy atom. The maximum absolute atomic E-state index is 12.8. The van der Waals surface area contributed by atoms with Crippen molar-refractivity contribution in [3.8, 4) is 0 Å². The molecule has 0 spiro atoms. The maximum Gasteiger partial charge on any atom is 0.433 e. The lowest BCUT2D eigenvalue weighted by Crippen LogP contribution is -2.32. The minimum atomic E-state index is -4.48. The summed E-state index contributed by atoms with van der Waals surface area (Å²) in [5.41, 5.74) is -0.938. The predicted octanol–water partition coefficient (Wildman–Crippen LogP) is 3.65. The van der Waals surface area contributed by atoms with Crippen LogP contribution in [0.4, 0.5) is 19.1 Å². The van der Waals surface area contributed by atoms with Crippen LogP contribution in [0.5, 0.6) is 0 Å². The molecule has 124 valence electrons. The molecule has 2 aromatic heterocycles. The summed E-state index contributed by atoms with van der Waals surface area (Å²) in [6.07, 6.45) is -1.85. The van der Waals surface area contributed by atoms with Gasteiger partial charge >= 0.3 is 6.18 Å². The summed E-state index contributed by atoms with van der Waals surface area (Å²) in [5, 5.41) is 12.2. The zero-order chi connectivity index (χ0) is 16.4. The highest BCUT2D eigenvalue weighted by molar-refractivity contribution is 7.10. The van der Waals surface area contributed by atoms with Crippen molar-refractivity contribution in [2.75, 3.05) is 11.4 Å². The molecular weight excluding hydrogens is 327 g/mol. The fourth-order valence-electron chi connectivity index (χ4n) is 2.84. The standard InChI is InChI=1S/C15H16F3N3OS/c16-15(17,18)13-5-6-19-14(20-13)21-7-1-3-10(21)9-11(22)12-4-2-8-23-12/h2,4-6,8,10-11,22H,1,3,7,9H2. The normalized spacial score (nSPS) is 20.0. The summed E-state index contributed by atoms with van der Waals surface area (Å²) in [6.45, 7) is 0.600. The Labute approximate surface area is 135 Å². The van der Waals surface area contributed by atoms with Crippen LogP contribution in [0, 0.1) is 0 Å². The summed E-state index contributed by atoms with van der Waals surface area (Å²) < 4.78 is 38.4. The first kappa shape index (κ1) is 16.2. The van der Waals surface area contributed by atoms with E-state index >= 15 is 0 Å². The molecule has 0 radical (unpaired) electrons. The number of aliphatic hydroxyl groups is 1. The predicted molar refractivity (Wildman–Crippen MR) is 81.3 cm³/mol. The third-order valence-corrected chi connectivity index (χ3v) is 4.91. The van der Waals surface area contributed by atoms with Gasteiger partial charge in [-0.2, -0.15) is 13.2 Å². The molecule has 3 rings (SSSR count). The number of nitrogens with zero attached hydrogens (tertiary/aromatic N) is 3. The lowest BCUT2D eigenvalue weighted by Gasteiger charge is -2.26. The first-order valence-electron chi connectivity index (χ1n) is 7.33. The topological polar surface area (TPSA) is 49.2 Å². The number of halogens is 3. The lowest BCUT2D eigenvalue weighted by atomic mass is 10.1. The number of rotatable bonds is 4. The molecule has 23 heavy (non-hydrogen) atoms. The Balaban J connectivity index is 1.76. The Morgan fingerprint density at radius 1 is 1.39 bits per heavy atom. The van der Waals surface area contributed by atoms with Crippen LogP contribution in [0.15, 0.2) is 29.8 Å². The van der Waals surface area contributed by atoms with Crippen LogP contribution < -0.4 is 4.90 Å². The quantitative estimate of drug-likeness (QED) is 0.921. The maximum atomic E-state index is 12.8. The highest BCUT2D eigenvalue weighted by Gasteiger charge is 2.35. The molecule has 4 nitrogen and oxygen atoms in total. The van der Waals surface area contributed by atoms with Crippen LogP contribution in [0.25, 0.3) is 0 Å². The smallest absolute Gasteiger partial charge is 0.387 e. The molecule has 2 aromatic rings. The second-order valence-electron chi connectivity index (χ2n) is 5.50. The summed E-state index contributed by atoms with van der Waals surface area (Å²) in [4.78, 5) is 10.3. The third-order valence-electron chi connectivity index (χ3n) is 3.93. The number of anilines is 1. The van der Waals surface area contributed by atoms with Gasteiger partial charge in [0, 0.05) is 23.7 Å². The third kappa shape index (κ3) is 3.64. The number of aliphatic hydroxyl groups excluding tert-OH is 1. The second-order valence-corrected chi connectivity index (χ2v) is 6.48. The van der Waals surface area contributed by atoms with Crippen LogP contribution in [0.1, 0.15) is 35.9 Å². The molecule has 1 fully saturated rings. The number of hydrogen-bond donors (Lipinski definition) is 1.